The van der Waals surface area contributed by atoms with Gasteiger partial charge in [-0.1, -0.05) is 24.3 Å². The van der Waals surface area contributed by atoms with Gasteiger partial charge in [-0.2, -0.15) is 5.10 Å². The van der Waals surface area contributed by atoms with Crippen molar-refractivity contribution in [2.45, 2.75) is 32.9 Å². The molecule has 0 aliphatic carbocycles. The van der Waals surface area contributed by atoms with E-state index in [4.69, 9.17) is 4.74 Å². The number of fused-ring (bicyclic) bond motifs is 1. The van der Waals surface area contributed by atoms with Crippen molar-refractivity contribution in [3.63, 3.8) is 0 Å². The van der Waals surface area contributed by atoms with Crippen LogP contribution in [0.4, 0.5) is 14.5 Å². The van der Waals surface area contributed by atoms with Crippen molar-refractivity contribution in [3.05, 3.63) is 70.1 Å². The molecule has 3 aromatic rings. The molecule has 0 bridgehead atoms. The van der Waals surface area contributed by atoms with Gasteiger partial charge in [-0.05, 0) is 39.0 Å². The van der Waals surface area contributed by atoms with E-state index in [0.29, 0.717) is 0 Å². The molecule has 0 saturated heterocycles. The Kier molecular flexibility index (Phi) is 5.91. The van der Waals surface area contributed by atoms with Crippen LogP contribution in [0.1, 0.15) is 37.3 Å². The Balaban J connectivity index is 1.88. The second-order valence-electron chi connectivity index (χ2n) is 6.87. The summed E-state index contributed by atoms with van der Waals surface area (Å²) in [5.74, 6) is -3.79. The van der Waals surface area contributed by atoms with E-state index in [2.05, 4.69) is 10.4 Å². The molecule has 7 nitrogen and oxygen atoms in total. The molecule has 1 aromatic heterocycles. The third-order valence-electron chi connectivity index (χ3n) is 4.37. The maximum atomic E-state index is 13.7. The maximum Gasteiger partial charge on any atom is 0.360 e. The van der Waals surface area contributed by atoms with Crippen molar-refractivity contribution in [3.8, 4) is 0 Å². The van der Waals surface area contributed by atoms with Crippen LogP contribution in [-0.4, -0.2) is 27.8 Å². The van der Waals surface area contributed by atoms with Gasteiger partial charge in [-0.15, -0.1) is 0 Å². The fourth-order valence-corrected chi connectivity index (χ4v) is 2.82. The van der Waals surface area contributed by atoms with Crippen molar-refractivity contribution in [1.29, 1.82) is 0 Å². The van der Waals surface area contributed by atoms with E-state index in [0.717, 1.165) is 22.9 Å². The molecule has 0 fully saturated rings. The molecule has 3 rings (SSSR count). The van der Waals surface area contributed by atoms with Crippen molar-refractivity contribution in [2.24, 2.45) is 0 Å². The number of rotatable bonds is 5. The van der Waals surface area contributed by atoms with E-state index in [1.54, 1.807) is 38.1 Å². The first-order chi connectivity index (χ1) is 14.2. The summed E-state index contributed by atoms with van der Waals surface area (Å²) in [6, 6.07) is 9.21. The van der Waals surface area contributed by atoms with Crippen LogP contribution in [0.25, 0.3) is 10.8 Å². The lowest BCUT2D eigenvalue weighted by atomic mass is 10.1. The zero-order valence-corrected chi connectivity index (χ0v) is 16.5. The Morgan fingerprint density at radius 1 is 1.00 bits per heavy atom. The molecule has 1 atom stereocenters. The summed E-state index contributed by atoms with van der Waals surface area (Å²) >= 11 is 0. The van der Waals surface area contributed by atoms with Crippen molar-refractivity contribution in [1.82, 2.24) is 9.78 Å². The normalized spacial score (nSPS) is 12.1. The summed E-state index contributed by atoms with van der Waals surface area (Å²) in [7, 11) is 0. The quantitative estimate of drug-likeness (QED) is 0.645. The van der Waals surface area contributed by atoms with Crippen LogP contribution in [0, 0.1) is 11.6 Å². The predicted molar refractivity (Wildman–Crippen MR) is 106 cm³/mol. The monoisotopic (exact) mass is 415 g/mol. The number of benzene rings is 2. The van der Waals surface area contributed by atoms with Crippen LogP contribution >= 0.6 is 0 Å². The average Bonchev–Trinajstić information content (AvgIpc) is 2.70. The molecule has 1 amide bonds. The minimum Gasteiger partial charge on any atom is -0.448 e. The number of aromatic nitrogens is 2. The molecular weight excluding hydrogens is 396 g/mol. The van der Waals surface area contributed by atoms with Crippen LogP contribution in [0.2, 0.25) is 0 Å². The van der Waals surface area contributed by atoms with Crippen molar-refractivity contribution >= 4 is 28.3 Å². The average molecular weight is 415 g/mol. The number of nitrogens with zero attached hydrogens (tertiary/aromatic N) is 2. The number of ether oxygens (including phenoxy) is 1. The lowest BCUT2D eigenvalue weighted by molar-refractivity contribution is -0.123. The number of carbonyl (C=O) groups excluding carboxylic acids is 2. The summed E-state index contributed by atoms with van der Waals surface area (Å²) < 4.78 is 33.8. The highest BCUT2D eigenvalue weighted by molar-refractivity contribution is 6.03. The highest BCUT2D eigenvalue weighted by atomic mass is 19.1. The first-order valence-electron chi connectivity index (χ1n) is 9.18. The Hall–Kier alpha value is -3.62. The molecule has 1 heterocycles. The SMILES string of the molecule is CC(OC(=O)c1nn(C(C)C)c(=O)c2ccccc12)C(=O)Nc1c(F)cccc1F. The first kappa shape index (κ1) is 21.1. The van der Waals surface area contributed by atoms with Crippen molar-refractivity contribution in [2.75, 3.05) is 5.32 Å². The number of halogens is 2. The number of carbonyl (C=O) groups is 2. The number of esters is 1. The topological polar surface area (TPSA) is 90.3 Å². The van der Waals surface area contributed by atoms with Crippen LogP contribution in [0.15, 0.2) is 47.3 Å². The largest absolute Gasteiger partial charge is 0.448 e. The van der Waals surface area contributed by atoms with E-state index in [1.165, 1.54) is 6.92 Å². The maximum absolute atomic E-state index is 13.7. The number of hydrogen-bond donors (Lipinski definition) is 1. The van der Waals surface area contributed by atoms with Gasteiger partial charge in [-0.3, -0.25) is 9.59 Å². The zero-order chi connectivity index (χ0) is 22.0. The highest BCUT2D eigenvalue weighted by Gasteiger charge is 2.25. The van der Waals surface area contributed by atoms with Gasteiger partial charge in [0, 0.05) is 5.39 Å². The lowest BCUT2D eigenvalue weighted by Gasteiger charge is -2.16. The number of nitrogens with one attached hydrogen (secondary N) is 1. The Bertz CT molecular complexity index is 1170. The molecular formula is C21H19F2N3O4. The molecule has 1 unspecified atom stereocenters. The van der Waals surface area contributed by atoms with Gasteiger partial charge >= 0.3 is 5.97 Å². The van der Waals surface area contributed by atoms with Gasteiger partial charge in [-0.25, -0.2) is 18.3 Å². The van der Waals surface area contributed by atoms with E-state index in [9.17, 15) is 23.2 Å². The Labute approximate surface area is 170 Å². The molecule has 0 saturated carbocycles. The number of hydrogen-bond acceptors (Lipinski definition) is 5. The number of para-hydroxylation sites is 1. The van der Waals surface area contributed by atoms with Crippen molar-refractivity contribution < 1.29 is 23.1 Å². The van der Waals surface area contributed by atoms with E-state index in [-0.39, 0.29) is 28.1 Å². The molecule has 30 heavy (non-hydrogen) atoms. The van der Waals surface area contributed by atoms with Gasteiger partial charge in [0.25, 0.3) is 11.5 Å². The van der Waals surface area contributed by atoms with E-state index >= 15 is 0 Å². The Morgan fingerprint density at radius 3 is 2.20 bits per heavy atom. The molecule has 0 spiro atoms. The molecule has 9 heteroatoms. The third kappa shape index (κ3) is 4.05. The van der Waals surface area contributed by atoms with Crippen LogP contribution < -0.4 is 10.9 Å². The summed E-state index contributed by atoms with van der Waals surface area (Å²) in [4.78, 5) is 37.6. The van der Waals surface area contributed by atoms with E-state index < -0.39 is 35.3 Å². The molecule has 0 aliphatic rings. The second-order valence-corrected chi connectivity index (χ2v) is 6.87. The van der Waals surface area contributed by atoms with Crippen LogP contribution in [0.5, 0.6) is 0 Å². The predicted octanol–water partition coefficient (Wildman–Crippen LogP) is 3.44. The van der Waals surface area contributed by atoms with Crippen LogP contribution in [-0.2, 0) is 9.53 Å². The Morgan fingerprint density at radius 2 is 1.60 bits per heavy atom. The molecule has 2 aromatic carbocycles. The van der Waals surface area contributed by atoms with Gasteiger partial charge in [0.05, 0.1) is 11.4 Å². The standard InChI is InChI=1S/C21H19F2N3O4/c1-11(2)26-20(28)14-8-5-4-7-13(14)17(25-26)21(29)30-12(3)19(27)24-18-15(22)9-6-10-16(18)23/h4-12H,1-3H3,(H,24,27). The summed E-state index contributed by atoms with van der Waals surface area (Å²) in [6.07, 6.45) is -1.38. The summed E-state index contributed by atoms with van der Waals surface area (Å²) in [5, 5.41) is 6.72. The van der Waals surface area contributed by atoms with Gasteiger partial charge < -0.3 is 10.1 Å². The number of amides is 1. The van der Waals surface area contributed by atoms with E-state index in [1.807, 2.05) is 0 Å². The molecule has 0 aliphatic heterocycles. The summed E-state index contributed by atoms with van der Waals surface area (Å²) in [5.41, 5.74) is -1.14. The minimum atomic E-state index is -1.38. The van der Waals surface area contributed by atoms with Gasteiger partial charge in [0.15, 0.2) is 11.8 Å². The minimum absolute atomic E-state index is 0.143. The summed E-state index contributed by atoms with van der Waals surface area (Å²) in [6.45, 7) is 4.72. The molecule has 0 radical (unpaired) electrons. The first-order valence-corrected chi connectivity index (χ1v) is 9.18. The van der Waals surface area contributed by atoms with Crippen LogP contribution in [0.3, 0.4) is 0 Å². The zero-order valence-electron chi connectivity index (χ0n) is 16.5. The van der Waals surface area contributed by atoms with Gasteiger partial charge in [0.1, 0.15) is 17.3 Å². The smallest absolute Gasteiger partial charge is 0.360 e. The third-order valence-corrected chi connectivity index (χ3v) is 4.37. The molecule has 156 valence electrons. The van der Waals surface area contributed by atoms with Gasteiger partial charge in [0.2, 0.25) is 0 Å². The molecule has 1 N–H and O–H groups in total. The fourth-order valence-electron chi connectivity index (χ4n) is 2.82. The highest BCUT2D eigenvalue weighted by Crippen LogP contribution is 2.19. The fraction of sp³-hybridized carbons (Fsp3) is 0.238. The second kappa shape index (κ2) is 8.40. The lowest BCUT2D eigenvalue weighted by Crippen LogP contribution is -2.32. The number of anilines is 1.